The molecule has 0 atom stereocenters. The number of hydrogen-bond acceptors (Lipinski definition) is 6. The van der Waals surface area contributed by atoms with Crippen molar-refractivity contribution in [2.75, 3.05) is 32.0 Å². The Balaban J connectivity index is 1.45. The monoisotopic (exact) mass is 472 g/mol. The van der Waals surface area contributed by atoms with Crippen molar-refractivity contribution in [2.45, 2.75) is 39.0 Å². The molecule has 1 aromatic carbocycles. The Morgan fingerprint density at radius 2 is 2.12 bits per heavy atom. The fourth-order valence-electron chi connectivity index (χ4n) is 4.53. The molecule has 1 aliphatic heterocycles. The second kappa shape index (κ2) is 9.73. The Kier molecular flexibility index (Phi) is 6.98. The lowest BCUT2D eigenvalue weighted by Crippen LogP contribution is -2.37. The molecule has 0 bridgehead atoms. The molecule has 3 heterocycles. The molecular formula is C24H29ClN4O2S. The summed E-state index contributed by atoms with van der Waals surface area (Å²) in [4.78, 5) is 23.8. The van der Waals surface area contributed by atoms with Crippen molar-refractivity contribution < 1.29 is 9.90 Å². The van der Waals surface area contributed by atoms with Gasteiger partial charge in [-0.3, -0.25) is 0 Å². The van der Waals surface area contributed by atoms with Crippen molar-refractivity contribution in [1.82, 2.24) is 14.9 Å². The number of likely N-dealkylation sites (tertiary alicyclic amines) is 1. The van der Waals surface area contributed by atoms with Gasteiger partial charge in [-0.05, 0) is 69.4 Å². The van der Waals surface area contributed by atoms with E-state index in [0.717, 1.165) is 22.5 Å². The van der Waals surface area contributed by atoms with Crippen LogP contribution in [0.15, 0.2) is 30.5 Å². The average Bonchev–Trinajstić information content (AvgIpc) is 3.23. The molecule has 1 aliphatic rings. The number of hydrogen-bond donors (Lipinski definition) is 2. The predicted molar refractivity (Wildman–Crippen MR) is 132 cm³/mol. The SMILES string of the molecule is CCC1(CCCNc2ncc(Cl)c(-c3cc4c(C(=O)O)cccc4s3)n2)CCN(C)CC1. The van der Waals surface area contributed by atoms with Gasteiger partial charge < -0.3 is 15.3 Å². The molecule has 8 heteroatoms. The maximum Gasteiger partial charge on any atom is 0.336 e. The third-order valence-corrected chi connectivity index (χ3v) is 8.12. The number of thiophene rings is 1. The highest BCUT2D eigenvalue weighted by atomic mass is 35.5. The van der Waals surface area contributed by atoms with E-state index in [-0.39, 0.29) is 5.56 Å². The van der Waals surface area contributed by atoms with E-state index < -0.39 is 5.97 Å². The fraction of sp³-hybridized carbons (Fsp3) is 0.458. The van der Waals surface area contributed by atoms with E-state index in [1.54, 1.807) is 18.3 Å². The van der Waals surface area contributed by atoms with E-state index in [0.29, 0.717) is 27.5 Å². The van der Waals surface area contributed by atoms with Gasteiger partial charge in [-0.15, -0.1) is 11.3 Å². The standard InChI is InChI=1S/C24H29ClN4O2S/c1-3-24(9-12-29(2)13-10-24)8-5-11-26-23-27-15-18(25)21(28-23)20-14-17-16(22(30)31)6-4-7-19(17)32-20/h4,6-7,14-15H,3,5,8-13H2,1-2H3,(H,30,31)(H,26,27,28). The quantitative estimate of drug-likeness (QED) is 0.390. The molecule has 0 amide bonds. The topological polar surface area (TPSA) is 78.3 Å². The van der Waals surface area contributed by atoms with Crippen LogP contribution in [0.4, 0.5) is 5.95 Å². The van der Waals surface area contributed by atoms with Crippen molar-refractivity contribution in [1.29, 1.82) is 0 Å². The summed E-state index contributed by atoms with van der Waals surface area (Å²) < 4.78 is 0.895. The van der Waals surface area contributed by atoms with Gasteiger partial charge in [0.1, 0.15) is 5.69 Å². The molecule has 0 spiro atoms. The van der Waals surface area contributed by atoms with Crippen LogP contribution in [0.2, 0.25) is 5.02 Å². The zero-order chi connectivity index (χ0) is 22.7. The maximum absolute atomic E-state index is 11.5. The van der Waals surface area contributed by atoms with Gasteiger partial charge in [-0.2, -0.15) is 0 Å². The number of fused-ring (bicyclic) bond motifs is 1. The number of nitrogens with one attached hydrogen (secondary N) is 1. The first-order valence-corrected chi connectivity index (χ1v) is 12.3. The molecule has 0 aliphatic carbocycles. The second-order valence-corrected chi connectivity index (χ2v) is 10.2. The van der Waals surface area contributed by atoms with E-state index >= 15 is 0 Å². The number of aromatic nitrogens is 2. The molecule has 0 radical (unpaired) electrons. The van der Waals surface area contributed by atoms with Crippen LogP contribution in [0.1, 0.15) is 49.4 Å². The van der Waals surface area contributed by atoms with Crippen LogP contribution in [0.5, 0.6) is 0 Å². The van der Waals surface area contributed by atoms with Gasteiger partial charge in [0.25, 0.3) is 0 Å². The molecule has 0 unspecified atom stereocenters. The highest BCUT2D eigenvalue weighted by molar-refractivity contribution is 7.22. The minimum absolute atomic E-state index is 0.285. The van der Waals surface area contributed by atoms with Crippen molar-refractivity contribution in [3.8, 4) is 10.6 Å². The van der Waals surface area contributed by atoms with E-state index in [1.807, 2.05) is 12.1 Å². The van der Waals surface area contributed by atoms with Gasteiger partial charge >= 0.3 is 5.97 Å². The number of carboxylic acid groups (broad SMARTS) is 1. The molecule has 2 N–H and O–H groups in total. The molecule has 0 saturated carbocycles. The summed E-state index contributed by atoms with van der Waals surface area (Å²) in [7, 11) is 2.20. The number of halogens is 1. The van der Waals surface area contributed by atoms with Crippen LogP contribution in [0, 0.1) is 5.41 Å². The molecule has 32 heavy (non-hydrogen) atoms. The summed E-state index contributed by atoms with van der Waals surface area (Å²) in [5.41, 5.74) is 1.37. The number of piperidine rings is 1. The Morgan fingerprint density at radius 3 is 2.84 bits per heavy atom. The summed E-state index contributed by atoms with van der Waals surface area (Å²) in [6, 6.07) is 7.14. The van der Waals surface area contributed by atoms with Gasteiger partial charge in [0, 0.05) is 16.6 Å². The van der Waals surface area contributed by atoms with Crippen LogP contribution in [0.3, 0.4) is 0 Å². The number of carbonyl (C=O) groups is 1. The van der Waals surface area contributed by atoms with Crippen LogP contribution < -0.4 is 5.32 Å². The average molecular weight is 473 g/mol. The molecule has 2 aromatic heterocycles. The normalized spacial score (nSPS) is 16.3. The van der Waals surface area contributed by atoms with Crippen LogP contribution in [-0.4, -0.2) is 52.6 Å². The van der Waals surface area contributed by atoms with Crippen molar-refractivity contribution in [2.24, 2.45) is 5.41 Å². The Bertz CT molecular complexity index is 1110. The van der Waals surface area contributed by atoms with Crippen molar-refractivity contribution in [3.05, 3.63) is 41.0 Å². The third-order valence-electron chi connectivity index (χ3n) is 6.73. The van der Waals surface area contributed by atoms with Crippen LogP contribution in [0.25, 0.3) is 20.7 Å². The van der Waals surface area contributed by atoms with Gasteiger partial charge in [-0.1, -0.05) is 31.0 Å². The smallest absolute Gasteiger partial charge is 0.336 e. The number of aromatic carboxylic acids is 1. The van der Waals surface area contributed by atoms with Crippen LogP contribution >= 0.6 is 22.9 Å². The first-order valence-electron chi connectivity index (χ1n) is 11.1. The van der Waals surface area contributed by atoms with Gasteiger partial charge in [0.05, 0.1) is 21.7 Å². The van der Waals surface area contributed by atoms with E-state index in [9.17, 15) is 9.90 Å². The van der Waals surface area contributed by atoms with Crippen molar-refractivity contribution in [3.63, 3.8) is 0 Å². The summed E-state index contributed by atoms with van der Waals surface area (Å²) in [6.45, 7) is 5.50. The molecule has 1 saturated heterocycles. The van der Waals surface area contributed by atoms with Crippen LogP contribution in [-0.2, 0) is 0 Å². The summed E-state index contributed by atoms with van der Waals surface area (Å²) >= 11 is 7.89. The summed E-state index contributed by atoms with van der Waals surface area (Å²) in [5, 5.41) is 14.0. The molecule has 3 aromatic rings. The minimum Gasteiger partial charge on any atom is -0.478 e. The maximum atomic E-state index is 11.5. The summed E-state index contributed by atoms with van der Waals surface area (Å²) in [5.74, 6) is -0.389. The Morgan fingerprint density at radius 1 is 1.34 bits per heavy atom. The van der Waals surface area contributed by atoms with Gasteiger partial charge in [-0.25, -0.2) is 14.8 Å². The number of nitrogens with zero attached hydrogens (tertiary/aromatic N) is 3. The van der Waals surface area contributed by atoms with E-state index in [2.05, 4.69) is 34.2 Å². The third kappa shape index (κ3) is 4.90. The molecule has 1 fully saturated rings. The molecule has 6 nitrogen and oxygen atoms in total. The first kappa shape index (κ1) is 23.0. The highest BCUT2D eigenvalue weighted by Gasteiger charge is 2.31. The van der Waals surface area contributed by atoms with Gasteiger partial charge in [0.2, 0.25) is 5.95 Å². The van der Waals surface area contributed by atoms with E-state index in [1.165, 1.54) is 50.1 Å². The molecule has 4 rings (SSSR count). The summed E-state index contributed by atoms with van der Waals surface area (Å²) in [6.07, 6.45) is 7.66. The highest BCUT2D eigenvalue weighted by Crippen LogP contribution is 2.39. The first-order chi connectivity index (χ1) is 15.4. The fourth-order valence-corrected chi connectivity index (χ4v) is 5.87. The lowest BCUT2D eigenvalue weighted by Gasteiger charge is -2.40. The Labute approximate surface area is 197 Å². The minimum atomic E-state index is -0.939. The van der Waals surface area contributed by atoms with E-state index in [4.69, 9.17) is 11.6 Å². The Hall–Kier alpha value is -2.22. The predicted octanol–water partition coefficient (Wildman–Crippen LogP) is 6.02. The lowest BCUT2D eigenvalue weighted by molar-refractivity contribution is 0.0699. The molecule has 170 valence electrons. The largest absolute Gasteiger partial charge is 0.478 e. The lowest BCUT2D eigenvalue weighted by atomic mass is 9.73. The second-order valence-electron chi connectivity index (χ2n) is 8.71. The zero-order valence-electron chi connectivity index (χ0n) is 18.5. The number of anilines is 1. The number of benzene rings is 1. The molecular weight excluding hydrogens is 444 g/mol. The zero-order valence-corrected chi connectivity index (χ0v) is 20.1. The number of rotatable bonds is 8. The number of carboxylic acids is 1. The van der Waals surface area contributed by atoms with Gasteiger partial charge in [0.15, 0.2) is 0 Å². The van der Waals surface area contributed by atoms with Crippen molar-refractivity contribution >= 4 is 44.9 Å².